The van der Waals surface area contributed by atoms with Gasteiger partial charge in [-0.3, -0.25) is 4.99 Å². The Morgan fingerprint density at radius 1 is 1.04 bits per heavy atom. The van der Waals surface area contributed by atoms with Crippen molar-refractivity contribution in [1.82, 2.24) is 5.32 Å². The van der Waals surface area contributed by atoms with Crippen LogP contribution in [0, 0.1) is 0 Å². The standard InChI is InChI=1S/C20H33N3O/c21-20(23-19-12-6-1-2-7-13-19)22-15-8-9-16-24-17-14-18-10-4-3-5-11-18/h3-5,10-11,19H,1-2,6-9,12-17H2,(H3,21,22,23). The van der Waals surface area contributed by atoms with Gasteiger partial charge in [-0.25, -0.2) is 0 Å². The Morgan fingerprint density at radius 3 is 2.54 bits per heavy atom. The van der Waals surface area contributed by atoms with Crippen molar-refractivity contribution < 1.29 is 4.74 Å². The lowest BCUT2D eigenvalue weighted by Gasteiger charge is -2.16. The largest absolute Gasteiger partial charge is 0.381 e. The van der Waals surface area contributed by atoms with Crippen molar-refractivity contribution >= 4 is 5.96 Å². The second-order valence-electron chi connectivity index (χ2n) is 6.65. The van der Waals surface area contributed by atoms with E-state index in [2.05, 4.69) is 34.6 Å². The molecule has 134 valence electrons. The molecule has 1 aromatic rings. The number of ether oxygens (including phenoxy) is 1. The minimum absolute atomic E-state index is 0.526. The van der Waals surface area contributed by atoms with Crippen molar-refractivity contribution in [2.45, 2.75) is 63.8 Å². The quantitative estimate of drug-likeness (QED) is 0.314. The van der Waals surface area contributed by atoms with Crippen LogP contribution in [-0.2, 0) is 11.2 Å². The summed E-state index contributed by atoms with van der Waals surface area (Å²) < 4.78 is 5.68. The monoisotopic (exact) mass is 331 g/mol. The van der Waals surface area contributed by atoms with Gasteiger partial charge in [0.05, 0.1) is 6.61 Å². The lowest BCUT2D eigenvalue weighted by atomic mass is 10.1. The summed E-state index contributed by atoms with van der Waals surface area (Å²) in [5.74, 6) is 0.617. The lowest BCUT2D eigenvalue weighted by Crippen LogP contribution is -2.39. The molecule has 3 N–H and O–H groups in total. The van der Waals surface area contributed by atoms with Gasteiger partial charge in [-0.1, -0.05) is 56.0 Å². The molecule has 0 aliphatic heterocycles. The molecular formula is C20H33N3O. The average molecular weight is 332 g/mol. The van der Waals surface area contributed by atoms with Gasteiger partial charge in [-0.15, -0.1) is 0 Å². The fraction of sp³-hybridized carbons (Fsp3) is 0.650. The first-order valence-electron chi connectivity index (χ1n) is 9.53. The summed E-state index contributed by atoms with van der Waals surface area (Å²) in [5.41, 5.74) is 7.32. The van der Waals surface area contributed by atoms with Crippen molar-refractivity contribution in [2.75, 3.05) is 19.8 Å². The number of rotatable bonds is 9. The predicted octanol–water partition coefficient (Wildman–Crippen LogP) is 3.65. The highest BCUT2D eigenvalue weighted by molar-refractivity contribution is 5.78. The van der Waals surface area contributed by atoms with Crippen LogP contribution >= 0.6 is 0 Å². The number of nitrogens with two attached hydrogens (primary N) is 1. The van der Waals surface area contributed by atoms with Crippen molar-refractivity contribution in [2.24, 2.45) is 10.7 Å². The zero-order valence-electron chi connectivity index (χ0n) is 14.9. The van der Waals surface area contributed by atoms with E-state index in [-0.39, 0.29) is 0 Å². The van der Waals surface area contributed by atoms with E-state index in [1.807, 2.05) is 6.07 Å². The normalized spacial score (nSPS) is 16.8. The molecule has 0 aromatic heterocycles. The van der Waals surface area contributed by atoms with Crippen LogP contribution in [0.1, 0.15) is 56.9 Å². The Labute approximate surface area is 146 Å². The first-order valence-corrected chi connectivity index (χ1v) is 9.53. The molecule has 0 unspecified atom stereocenters. The number of nitrogens with one attached hydrogen (secondary N) is 1. The molecule has 4 heteroatoms. The summed E-state index contributed by atoms with van der Waals surface area (Å²) in [6, 6.07) is 11.0. The molecule has 1 aliphatic carbocycles. The lowest BCUT2D eigenvalue weighted by molar-refractivity contribution is 0.134. The van der Waals surface area contributed by atoms with Crippen LogP contribution in [0.3, 0.4) is 0 Å². The predicted molar refractivity (Wildman–Crippen MR) is 101 cm³/mol. The average Bonchev–Trinajstić information content (AvgIpc) is 2.87. The van der Waals surface area contributed by atoms with Gasteiger partial charge >= 0.3 is 0 Å². The molecule has 1 fully saturated rings. The van der Waals surface area contributed by atoms with Crippen LogP contribution in [0.2, 0.25) is 0 Å². The number of aliphatic imine (C=N–C) groups is 1. The van der Waals surface area contributed by atoms with Gasteiger partial charge in [0, 0.05) is 19.2 Å². The maximum absolute atomic E-state index is 5.99. The first kappa shape index (κ1) is 18.8. The van der Waals surface area contributed by atoms with Crippen molar-refractivity contribution in [3.63, 3.8) is 0 Å². The fourth-order valence-corrected chi connectivity index (χ4v) is 3.13. The summed E-state index contributed by atoms with van der Waals surface area (Å²) in [7, 11) is 0. The zero-order chi connectivity index (χ0) is 16.9. The van der Waals surface area contributed by atoms with E-state index < -0.39 is 0 Å². The van der Waals surface area contributed by atoms with Crippen molar-refractivity contribution in [1.29, 1.82) is 0 Å². The Balaban J connectivity index is 1.46. The number of hydrogen-bond donors (Lipinski definition) is 2. The van der Waals surface area contributed by atoms with E-state index in [9.17, 15) is 0 Å². The minimum Gasteiger partial charge on any atom is -0.381 e. The number of nitrogens with zero attached hydrogens (tertiary/aromatic N) is 1. The van der Waals surface area contributed by atoms with E-state index >= 15 is 0 Å². The third-order valence-electron chi connectivity index (χ3n) is 4.56. The minimum atomic E-state index is 0.526. The van der Waals surface area contributed by atoms with Gasteiger partial charge < -0.3 is 15.8 Å². The summed E-state index contributed by atoms with van der Waals surface area (Å²) in [4.78, 5) is 4.44. The third-order valence-corrected chi connectivity index (χ3v) is 4.56. The molecule has 0 heterocycles. The van der Waals surface area contributed by atoms with Crippen LogP contribution in [0.5, 0.6) is 0 Å². The Kier molecular flexibility index (Phi) is 9.32. The summed E-state index contributed by atoms with van der Waals surface area (Å²) >= 11 is 0. The van der Waals surface area contributed by atoms with Crippen LogP contribution in [0.25, 0.3) is 0 Å². The van der Waals surface area contributed by atoms with Crippen molar-refractivity contribution in [3.8, 4) is 0 Å². The Bertz CT molecular complexity index is 453. The summed E-state index contributed by atoms with van der Waals surface area (Å²) in [6.07, 6.45) is 10.8. The molecule has 0 amide bonds. The van der Waals surface area contributed by atoms with E-state index in [1.54, 1.807) is 0 Å². The SMILES string of the molecule is NC(=NCCCCOCCc1ccccc1)NC1CCCCCC1. The maximum atomic E-state index is 5.99. The number of hydrogen-bond acceptors (Lipinski definition) is 2. The second-order valence-corrected chi connectivity index (χ2v) is 6.65. The van der Waals surface area contributed by atoms with Gasteiger partial charge in [0.2, 0.25) is 0 Å². The Morgan fingerprint density at radius 2 is 1.79 bits per heavy atom. The molecule has 2 rings (SSSR count). The van der Waals surface area contributed by atoms with Gasteiger partial charge in [-0.2, -0.15) is 0 Å². The van der Waals surface area contributed by atoms with Gasteiger partial charge in [-0.05, 0) is 37.7 Å². The summed E-state index contributed by atoms with van der Waals surface area (Å²) in [6.45, 7) is 2.38. The first-order chi connectivity index (χ1) is 11.8. The molecular weight excluding hydrogens is 298 g/mol. The van der Waals surface area contributed by atoms with E-state index in [1.165, 1.54) is 44.1 Å². The summed E-state index contributed by atoms with van der Waals surface area (Å²) in [5, 5.41) is 3.38. The molecule has 0 bridgehead atoms. The molecule has 0 spiro atoms. The van der Waals surface area contributed by atoms with Crippen molar-refractivity contribution in [3.05, 3.63) is 35.9 Å². The number of unbranched alkanes of at least 4 members (excludes halogenated alkanes) is 1. The van der Waals surface area contributed by atoms with Crippen LogP contribution in [-0.4, -0.2) is 31.8 Å². The molecule has 0 saturated heterocycles. The third kappa shape index (κ3) is 8.34. The van der Waals surface area contributed by atoms with Crippen LogP contribution < -0.4 is 11.1 Å². The fourth-order valence-electron chi connectivity index (χ4n) is 3.13. The molecule has 1 saturated carbocycles. The zero-order valence-corrected chi connectivity index (χ0v) is 14.9. The molecule has 0 atom stereocenters. The second kappa shape index (κ2) is 11.9. The number of benzene rings is 1. The topological polar surface area (TPSA) is 59.6 Å². The molecule has 0 radical (unpaired) electrons. The molecule has 1 aliphatic rings. The smallest absolute Gasteiger partial charge is 0.188 e. The van der Waals surface area contributed by atoms with E-state index in [0.717, 1.165) is 39.0 Å². The van der Waals surface area contributed by atoms with E-state index in [0.29, 0.717) is 12.0 Å². The molecule has 1 aromatic carbocycles. The van der Waals surface area contributed by atoms with Crippen LogP contribution in [0.4, 0.5) is 0 Å². The van der Waals surface area contributed by atoms with Gasteiger partial charge in [0.25, 0.3) is 0 Å². The van der Waals surface area contributed by atoms with Crippen LogP contribution in [0.15, 0.2) is 35.3 Å². The number of guanidine groups is 1. The molecule has 4 nitrogen and oxygen atoms in total. The molecule has 24 heavy (non-hydrogen) atoms. The van der Waals surface area contributed by atoms with Gasteiger partial charge in [0.15, 0.2) is 5.96 Å². The Hall–Kier alpha value is -1.55. The van der Waals surface area contributed by atoms with E-state index in [4.69, 9.17) is 10.5 Å². The highest BCUT2D eigenvalue weighted by atomic mass is 16.5. The highest BCUT2D eigenvalue weighted by Gasteiger charge is 2.11. The maximum Gasteiger partial charge on any atom is 0.188 e. The highest BCUT2D eigenvalue weighted by Crippen LogP contribution is 2.16. The van der Waals surface area contributed by atoms with Gasteiger partial charge in [0.1, 0.15) is 0 Å².